The Bertz CT molecular complexity index is 236. The molecule has 0 aromatic rings. The minimum atomic E-state index is -0.454. The molecule has 1 rings (SSSR count). The molecule has 3 heteroatoms. The van der Waals surface area contributed by atoms with Crippen LogP contribution in [0.1, 0.15) is 51.9 Å². The van der Waals surface area contributed by atoms with Crippen molar-refractivity contribution in [3.63, 3.8) is 0 Å². The predicted molar refractivity (Wildman–Crippen MR) is 67.8 cm³/mol. The van der Waals surface area contributed by atoms with E-state index in [1.807, 2.05) is 6.08 Å². The van der Waals surface area contributed by atoms with Crippen LogP contribution in [0.4, 0.5) is 0 Å². The van der Waals surface area contributed by atoms with E-state index in [9.17, 15) is 4.79 Å². The Balaban J connectivity index is 2.31. The molecule has 0 bridgehead atoms. The van der Waals surface area contributed by atoms with Crippen LogP contribution >= 0.6 is 0 Å². The predicted octanol–water partition coefficient (Wildman–Crippen LogP) is 3.24. The van der Waals surface area contributed by atoms with Crippen molar-refractivity contribution in [3.8, 4) is 0 Å². The van der Waals surface area contributed by atoms with Gasteiger partial charge in [-0.3, -0.25) is 0 Å². The van der Waals surface area contributed by atoms with Crippen molar-refractivity contribution in [3.05, 3.63) is 12.2 Å². The summed E-state index contributed by atoms with van der Waals surface area (Å²) >= 11 is 0. The van der Waals surface area contributed by atoms with Crippen LogP contribution in [-0.2, 0) is 14.3 Å². The summed E-state index contributed by atoms with van der Waals surface area (Å²) in [6.07, 6.45) is 12.0. The van der Waals surface area contributed by atoms with Crippen LogP contribution in [0, 0.1) is 0 Å². The van der Waals surface area contributed by atoms with Gasteiger partial charge in [-0.05, 0) is 26.2 Å². The smallest absolute Gasteiger partial charge is 0.334 e. The number of cyclic esters (lactones) is 1. The largest absolute Gasteiger partial charge is 0.464 e. The summed E-state index contributed by atoms with van der Waals surface area (Å²) in [6, 6.07) is 0. The number of allylic oxidation sites excluding steroid dienone is 1. The number of ether oxygens (including phenoxy) is 2. The lowest BCUT2D eigenvalue weighted by Crippen LogP contribution is -2.23. The van der Waals surface area contributed by atoms with Crippen LogP contribution in [0.25, 0.3) is 0 Å². The first kappa shape index (κ1) is 14.2. The van der Waals surface area contributed by atoms with E-state index in [1.165, 1.54) is 25.7 Å². The second-order valence-corrected chi connectivity index (χ2v) is 4.52. The van der Waals surface area contributed by atoms with Crippen molar-refractivity contribution in [2.24, 2.45) is 0 Å². The van der Waals surface area contributed by atoms with E-state index in [4.69, 9.17) is 9.47 Å². The molecule has 0 radical (unpaired) electrons. The second kappa shape index (κ2) is 9.23. The first-order chi connectivity index (χ1) is 8.30. The molecule has 0 unspecified atom stereocenters. The normalized spacial score (nSPS) is 27.6. The molecule has 3 nitrogen and oxygen atoms in total. The molecule has 0 aromatic heterocycles. The van der Waals surface area contributed by atoms with Crippen LogP contribution in [0.2, 0.25) is 0 Å². The molecule has 0 fully saturated rings. The number of rotatable bonds is 0. The molecule has 1 aliphatic rings. The van der Waals surface area contributed by atoms with E-state index in [0.717, 1.165) is 19.3 Å². The Morgan fingerprint density at radius 3 is 2.59 bits per heavy atom. The highest BCUT2D eigenvalue weighted by atomic mass is 16.6. The summed E-state index contributed by atoms with van der Waals surface area (Å²) in [4.78, 5) is 11.5. The molecule has 1 aliphatic heterocycles. The maximum Gasteiger partial charge on any atom is 0.334 e. The van der Waals surface area contributed by atoms with Gasteiger partial charge >= 0.3 is 5.97 Å². The molecule has 1 atom stereocenters. The lowest BCUT2D eigenvalue weighted by atomic mass is 10.1. The molecule has 0 aliphatic carbocycles. The third-order valence-corrected chi connectivity index (χ3v) is 2.95. The Kier molecular flexibility index (Phi) is 7.72. The quantitative estimate of drug-likeness (QED) is 0.481. The summed E-state index contributed by atoms with van der Waals surface area (Å²) in [5.41, 5.74) is 0. The van der Waals surface area contributed by atoms with E-state index < -0.39 is 6.10 Å². The van der Waals surface area contributed by atoms with Gasteiger partial charge in [0, 0.05) is 0 Å². The number of carbonyl (C=O) groups excluding carboxylic acids is 1. The van der Waals surface area contributed by atoms with Gasteiger partial charge in [0.1, 0.15) is 0 Å². The molecule has 1 heterocycles. The van der Waals surface area contributed by atoms with Crippen LogP contribution in [0.15, 0.2) is 12.2 Å². The van der Waals surface area contributed by atoms with Gasteiger partial charge in [0.2, 0.25) is 0 Å². The SMILES string of the molecule is C[C@@H]1OC/C=C\CCCCCCCCOC1=O. The zero-order chi connectivity index (χ0) is 12.3. The number of hydrogen-bond donors (Lipinski definition) is 0. The molecule has 0 amide bonds. The number of carbonyl (C=O) groups is 1. The van der Waals surface area contributed by atoms with Gasteiger partial charge in [0.05, 0.1) is 13.2 Å². The number of esters is 1. The topological polar surface area (TPSA) is 35.5 Å². The first-order valence-corrected chi connectivity index (χ1v) is 6.74. The van der Waals surface area contributed by atoms with E-state index in [-0.39, 0.29) is 5.97 Å². The third-order valence-electron chi connectivity index (χ3n) is 2.95. The molecule has 0 saturated carbocycles. The van der Waals surface area contributed by atoms with Crippen molar-refractivity contribution in [2.45, 2.75) is 58.0 Å². The van der Waals surface area contributed by atoms with E-state index in [1.54, 1.807) is 6.92 Å². The first-order valence-electron chi connectivity index (χ1n) is 6.74. The highest BCUT2D eigenvalue weighted by molar-refractivity contribution is 5.74. The van der Waals surface area contributed by atoms with Crippen molar-refractivity contribution in [2.75, 3.05) is 13.2 Å². The summed E-state index contributed by atoms with van der Waals surface area (Å²) < 4.78 is 10.5. The highest BCUT2D eigenvalue weighted by Crippen LogP contribution is 2.08. The average Bonchev–Trinajstić information content (AvgIpc) is 2.34. The summed E-state index contributed by atoms with van der Waals surface area (Å²) in [7, 11) is 0. The third kappa shape index (κ3) is 7.16. The van der Waals surface area contributed by atoms with E-state index in [2.05, 4.69) is 6.08 Å². The van der Waals surface area contributed by atoms with Crippen LogP contribution in [-0.4, -0.2) is 25.3 Å². The second-order valence-electron chi connectivity index (χ2n) is 4.52. The van der Waals surface area contributed by atoms with Crippen LogP contribution < -0.4 is 0 Å². The van der Waals surface area contributed by atoms with Crippen LogP contribution in [0.5, 0.6) is 0 Å². The van der Waals surface area contributed by atoms with Gasteiger partial charge < -0.3 is 9.47 Å². The van der Waals surface area contributed by atoms with Crippen molar-refractivity contribution in [1.29, 1.82) is 0 Å². The van der Waals surface area contributed by atoms with E-state index in [0.29, 0.717) is 13.2 Å². The maximum absolute atomic E-state index is 11.5. The molecular formula is C14H24O3. The summed E-state index contributed by atoms with van der Waals surface area (Å²) in [5, 5.41) is 0. The Labute approximate surface area is 104 Å². The fourth-order valence-electron chi connectivity index (χ4n) is 1.82. The Hall–Kier alpha value is -0.830. The lowest BCUT2D eigenvalue weighted by Gasteiger charge is -2.11. The monoisotopic (exact) mass is 240 g/mol. The van der Waals surface area contributed by atoms with Crippen LogP contribution in [0.3, 0.4) is 0 Å². The molecule has 17 heavy (non-hydrogen) atoms. The highest BCUT2D eigenvalue weighted by Gasteiger charge is 2.13. The molecule has 0 N–H and O–H groups in total. The zero-order valence-electron chi connectivity index (χ0n) is 10.8. The lowest BCUT2D eigenvalue weighted by molar-refractivity contribution is -0.155. The molecule has 98 valence electrons. The van der Waals surface area contributed by atoms with Crippen molar-refractivity contribution < 1.29 is 14.3 Å². The minimum absolute atomic E-state index is 0.242. The zero-order valence-corrected chi connectivity index (χ0v) is 10.8. The Morgan fingerprint density at radius 2 is 1.76 bits per heavy atom. The molecular weight excluding hydrogens is 216 g/mol. The molecule has 0 aromatic carbocycles. The number of hydrogen-bond acceptors (Lipinski definition) is 3. The average molecular weight is 240 g/mol. The fraction of sp³-hybridized carbons (Fsp3) is 0.786. The fourth-order valence-corrected chi connectivity index (χ4v) is 1.82. The summed E-state index contributed by atoms with van der Waals surface area (Å²) in [5.74, 6) is -0.242. The van der Waals surface area contributed by atoms with Crippen molar-refractivity contribution >= 4 is 5.97 Å². The van der Waals surface area contributed by atoms with E-state index >= 15 is 0 Å². The van der Waals surface area contributed by atoms with Gasteiger partial charge in [-0.15, -0.1) is 0 Å². The van der Waals surface area contributed by atoms with Crippen molar-refractivity contribution in [1.82, 2.24) is 0 Å². The van der Waals surface area contributed by atoms with Gasteiger partial charge in [-0.2, -0.15) is 0 Å². The van der Waals surface area contributed by atoms with Gasteiger partial charge in [-0.25, -0.2) is 4.79 Å². The summed E-state index contributed by atoms with van der Waals surface area (Å²) in [6.45, 7) is 2.77. The van der Waals surface area contributed by atoms with Gasteiger partial charge in [-0.1, -0.05) is 37.8 Å². The van der Waals surface area contributed by atoms with Gasteiger partial charge in [0.15, 0.2) is 6.10 Å². The minimum Gasteiger partial charge on any atom is -0.464 e. The molecule has 0 saturated heterocycles. The standard InChI is InChI=1S/C14H24O3/c1-13-14(15)17-12-10-8-6-4-2-3-5-7-9-11-16-13/h7,9,13H,2-6,8,10-12H2,1H3/b9-7-/t13-/m0/s1. The maximum atomic E-state index is 11.5. The molecule has 0 spiro atoms. The van der Waals surface area contributed by atoms with Gasteiger partial charge in [0.25, 0.3) is 0 Å². The Morgan fingerprint density at radius 1 is 1.06 bits per heavy atom.